The van der Waals surface area contributed by atoms with E-state index in [4.69, 9.17) is 21.1 Å². The van der Waals surface area contributed by atoms with Crippen molar-refractivity contribution in [2.24, 2.45) is 0 Å². The second-order valence-corrected chi connectivity index (χ2v) is 5.93. The number of hydrogen-bond donors (Lipinski definition) is 1. The van der Waals surface area contributed by atoms with Crippen LogP contribution >= 0.6 is 11.6 Å². The van der Waals surface area contributed by atoms with Crippen molar-refractivity contribution in [1.29, 1.82) is 0 Å². The number of benzene rings is 2. The first-order chi connectivity index (χ1) is 12.1. The van der Waals surface area contributed by atoms with Crippen molar-refractivity contribution in [3.05, 3.63) is 64.4 Å². The third-order valence-electron chi connectivity index (χ3n) is 3.67. The van der Waals surface area contributed by atoms with Crippen molar-refractivity contribution in [2.75, 3.05) is 19.8 Å². The van der Waals surface area contributed by atoms with Crippen LogP contribution in [0.15, 0.2) is 42.5 Å². The summed E-state index contributed by atoms with van der Waals surface area (Å²) in [5.41, 5.74) is 1.72. The summed E-state index contributed by atoms with van der Waals surface area (Å²) in [5, 5.41) is 3.24. The van der Waals surface area contributed by atoms with Crippen molar-refractivity contribution in [3.63, 3.8) is 0 Å². The van der Waals surface area contributed by atoms with E-state index < -0.39 is 0 Å². The fraction of sp³-hybridized carbons (Fsp3) is 0.211. The van der Waals surface area contributed by atoms with Crippen LogP contribution in [0.5, 0.6) is 11.5 Å². The number of nitrogens with one attached hydrogen (secondary N) is 1. The zero-order chi connectivity index (χ0) is 17.6. The lowest BCUT2D eigenvalue weighted by Gasteiger charge is -2.19. The molecule has 0 spiro atoms. The highest BCUT2D eigenvalue weighted by Gasteiger charge is 2.15. The molecule has 1 N–H and O–H groups in total. The van der Waals surface area contributed by atoms with Crippen molar-refractivity contribution in [2.45, 2.75) is 6.42 Å². The molecule has 0 atom stereocenters. The molecule has 1 heterocycles. The fourth-order valence-corrected chi connectivity index (χ4v) is 2.71. The summed E-state index contributed by atoms with van der Waals surface area (Å²) in [6.07, 6.45) is 3.74. The predicted octanol–water partition coefficient (Wildman–Crippen LogP) is 3.62. The summed E-state index contributed by atoms with van der Waals surface area (Å²) in [6, 6.07) is 9.72. The molecule has 1 aliphatic rings. The second-order valence-electron chi connectivity index (χ2n) is 5.53. The standard InChI is InChI=1S/C19H17ClFNO3/c20-16-11-14(12-17-19(16)25-10-9-24-17)3-6-18(23)22-8-7-13-1-4-15(21)5-2-13/h1-6,11-12H,7-10H2,(H,22,23)/b6-3+. The first-order valence-corrected chi connectivity index (χ1v) is 8.29. The van der Waals surface area contributed by atoms with E-state index in [0.717, 1.165) is 11.1 Å². The summed E-state index contributed by atoms with van der Waals surface area (Å²) in [6.45, 7) is 1.41. The van der Waals surface area contributed by atoms with Crippen LogP contribution in [-0.2, 0) is 11.2 Å². The van der Waals surface area contributed by atoms with Gasteiger partial charge in [0, 0.05) is 12.6 Å². The van der Waals surface area contributed by atoms with Crippen LogP contribution in [0.3, 0.4) is 0 Å². The zero-order valence-corrected chi connectivity index (χ0v) is 14.2. The summed E-state index contributed by atoms with van der Waals surface area (Å²) < 4.78 is 23.8. The van der Waals surface area contributed by atoms with Gasteiger partial charge in [-0.2, -0.15) is 0 Å². The highest BCUT2D eigenvalue weighted by atomic mass is 35.5. The van der Waals surface area contributed by atoms with Gasteiger partial charge in [-0.05, 0) is 47.9 Å². The normalized spacial score (nSPS) is 13.0. The van der Waals surface area contributed by atoms with E-state index in [-0.39, 0.29) is 11.7 Å². The molecule has 0 saturated heterocycles. The predicted molar refractivity (Wildman–Crippen MR) is 94.6 cm³/mol. The SMILES string of the molecule is O=C(/C=C/c1cc(Cl)c2c(c1)OCCO2)NCCc1ccc(F)cc1. The van der Waals surface area contributed by atoms with Crippen LogP contribution in [0.2, 0.25) is 5.02 Å². The van der Waals surface area contributed by atoms with Crippen LogP contribution in [0, 0.1) is 5.82 Å². The molecule has 0 aliphatic carbocycles. The van der Waals surface area contributed by atoms with Crippen LogP contribution in [0.25, 0.3) is 6.08 Å². The lowest BCUT2D eigenvalue weighted by molar-refractivity contribution is -0.116. The molecule has 0 unspecified atom stereocenters. The Bertz CT molecular complexity index is 790. The molecule has 0 saturated carbocycles. The number of hydrogen-bond acceptors (Lipinski definition) is 3. The van der Waals surface area contributed by atoms with Gasteiger partial charge in [-0.25, -0.2) is 4.39 Å². The molecular formula is C19H17ClFNO3. The van der Waals surface area contributed by atoms with E-state index in [1.165, 1.54) is 18.2 Å². The minimum Gasteiger partial charge on any atom is -0.486 e. The molecule has 3 rings (SSSR count). The largest absolute Gasteiger partial charge is 0.486 e. The molecule has 4 nitrogen and oxygen atoms in total. The number of halogens is 2. The molecule has 0 radical (unpaired) electrons. The Morgan fingerprint density at radius 3 is 2.76 bits per heavy atom. The fourth-order valence-electron chi connectivity index (χ4n) is 2.44. The second kappa shape index (κ2) is 8.03. The molecule has 0 aromatic heterocycles. The number of rotatable bonds is 5. The first-order valence-electron chi connectivity index (χ1n) is 7.91. The maximum absolute atomic E-state index is 12.8. The average molecular weight is 362 g/mol. The van der Waals surface area contributed by atoms with Crippen LogP contribution in [0.1, 0.15) is 11.1 Å². The molecule has 130 valence electrons. The molecule has 0 fully saturated rings. The molecule has 0 bridgehead atoms. The van der Waals surface area contributed by atoms with Crippen molar-refractivity contribution in [1.82, 2.24) is 5.32 Å². The molecule has 1 amide bonds. The third kappa shape index (κ3) is 4.73. The highest BCUT2D eigenvalue weighted by molar-refractivity contribution is 6.32. The smallest absolute Gasteiger partial charge is 0.244 e. The van der Waals surface area contributed by atoms with E-state index in [9.17, 15) is 9.18 Å². The van der Waals surface area contributed by atoms with Gasteiger partial charge in [-0.3, -0.25) is 4.79 Å². The van der Waals surface area contributed by atoms with Gasteiger partial charge in [0.15, 0.2) is 11.5 Å². The van der Waals surface area contributed by atoms with Gasteiger partial charge in [0.1, 0.15) is 19.0 Å². The lowest BCUT2D eigenvalue weighted by Crippen LogP contribution is -2.23. The van der Waals surface area contributed by atoms with Crippen molar-refractivity contribution < 1.29 is 18.7 Å². The minimum absolute atomic E-state index is 0.215. The Labute approximate surface area is 150 Å². The highest BCUT2D eigenvalue weighted by Crippen LogP contribution is 2.38. The Morgan fingerprint density at radius 2 is 1.96 bits per heavy atom. The summed E-state index contributed by atoms with van der Waals surface area (Å²) in [7, 11) is 0. The van der Waals surface area contributed by atoms with Gasteiger partial charge in [0.2, 0.25) is 5.91 Å². The maximum atomic E-state index is 12.8. The lowest BCUT2D eigenvalue weighted by atomic mass is 10.1. The Hall–Kier alpha value is -2.53. The molecule has 6 heteroatoms. The van der Waals surface area contributed by atoms with Gasteiger partial charge in [-0.15, -0.1) is 0 Å². The van der Waals surface area contributed by atoms with Gasteiger partial charge in [0.05, 0.1) is 5.02 Å². The summed E-state index contributed by atoms with van der Waals surface area (Å²) in [4.78, 5) is 11.9. The Kier molecular flexibility index (Phi) is 5.56. The number of amides is 1. The van der Waals surface area contributed by atoms with Gasteiger partial charge in [0.25, 0.3) is 0 Å². The van der Waals surface area contributed by atoms with Gasteiger partial charge < -0.3 is 14.8 Å². The molecule has 1 aliphatic heterocycles. The Morgan fingerprint density at radius 1 is 1.20 bits per heavy atom. The van der Waals surface area contributed by atoms with Crippen molar-refractivity contribution >= 4 is 23.6 Å². The van der Waals surface area contributed by atoms with E-state index in [0.29, 0.717) is 42.7 Å². The summed E-state index contributed by atoms with van der Waals surface area (Å²) in [5.74, 6) is 0.630. The van der Waals surface area contributed by atoms with E-state index >= 15 is 0 Å². The molecule has 25 heavy (non-hydrogen) atoms. The van der Waals surface area contributed by atoms with E-state index in [1.54, 1.807) is 30.3 Å². The molecule has 2 aromatic carbocycles. The Balaban J connectivity index is 1.54. The van der Waals surface area contributed by atoms with Gasteiger partial charge >= 0.3 is 0 Å². The van der Waals surface area contributed by atoms with Crippen LogP contribution in [-0.4, -0.2) is 25.7 Å². The quantitative estimate of drug-likeness (QED) is 0.827. The van der Waals surface area contributed by atoms with Crippen LogP contribution < -0.4 is 14.8 Å². The number of carbonyl (C=O) groups is 1. The zero-order valence-electron chi connectivity index (χ0n) is 13.4. The third-order valence-corrected chi connectivity index (χ3v) is 3.95. The minimum atomic E-state index is -0.270. The first kappa shape index (κ1) is 17.3. The van der Waals surface area contributed by atoms with Crippen LogP contribution in [0.4, 0.5) is 4.39 Å². The molecular weight excluding hydrogens is 345 g/mol. The van der Waals surface area contributed by atoms with E-state index in [1.807, 2.05) is 0 Å². The summed E-state index contributed by atoms with van der Waals surface area (Å²) >= 11 is 6.16. The van der Waals surface area contributed by atoms with Crippen molar-refractivity contribution in [3.8, 4) is 11.5 Å². The maximum Gasteiger partial charge on any atom is 0.244 e. The number of carbonyl (C=O) groups excluding carboxylic acids is 1. The number of ether oxygens (including phenoxy) is 2. The monoisotopic (exact) mass is 361 g/mol. The van der Waals surface area contributed by atoms with Gasteiger partial charge in [-0.1, -0.05) is 23.7 Å². The molecule has 2 aromatic rings. The topological polar surface area (TPSA) is 47.6 Å². The van der Waals surface area contributed by atoms with E-state index in [2.05, 4.69) is 5.32 Å². The average Bonchev–Trinajstić information content (AvgIpc) is 2.62. The number of fused-ring (bicyclic) bond motifs is 1.